The Morgan fingerprint density at radius 2 is 1.72 bits per heavy atom. The van der Waals surface area contributed by atoms with Gasteiger partial charge in [0.25, 0.3) is 0 Å². The minimum Gasteiger partial charge on any atom is -0.353 e. The zero-order valence-electron chi connectivity index (χ0n) is 11.1. The Bertz CT molecular complexity index is 421. The summed E-state index contributed by atoms with van der Waals surface area (Å²) < 4.78 is 2.06. The van der Waals surface area contributed by atoms with Crippen LogP contribution in [0.4, 0.5) is 5.82 Å². The van der Waals surface area contributed by atoms with E-state index < -0.39 is 0 Å². The number of aromatic nitrogens is 1. The van der Waals surface area contributed by atoms with Gasteiger partial charge in [0.15, 0.2) is 0 Å². The smallest absolute Gasteiger partial charge is 0.143 e. The minimum atomic E-state index is 0.260. The second-order valence-corrected chi connectivity index (χ2v) is 7.37. The van der Waals surface area contributed by atoms with Crippen LogP contribution in [-0.2, 0) is 0 Å². The molecule has 1 saturated heterocycles. The Morgan fingerprint density at radius 3 is 2.22 bits per heavy atom. The zero-order valence-corrected chi connectivity index (χ0v) is 14.3. The number of nitrogens with zero attached hydrogens (tertiary/aromatic N) is 3. The number of piperazine rings is 1. The highest BCUT2D eigenvalue weighted by molar-refractivity contribution is 9.11. The Labute approximate surface area is 126 Å². The van der Waals surface area contributed by atoms with Gasteiger partial charge in [-0.05, 0) is 58.7 Å². The van der Waals surface area contributed by atoms with Crippen molar-refractivity contribution in [2.45, 2.75) is 26.3 Å². The molecule has 1 aromatic rings. The Morgan fingerprint density at radius 1 is 1.11 bits per heavy atom. The molecule has 0 amide bonds. The van der Waals surface area contributed by atoms with E-state index in [1.807, 2.05) is 6.20 Å². The highest BCUT2D eigenvalue weighted by Crippen LogP contribution is 2.28. The van der Waals surface area contributed by atoms with Gasteiger partial charge in [-0.25, -0.2) is 4.98 Å². The Kier molecular flexibility index (Phi) is 4.34. The van der Waals surface area contributed by atoms with Crippen LogP contribution in [-0.4, -0.2) is 41.6 Å². The lowest BCUT2D eigenvalue weighted by Gasteiger charge is -2.42. The highest BCUT2D eigenvalue weighted by Gasteiger charge is 2.26. The summed E-state index contributed by atoms with van der Waals surface area (Å²) in [5.74, 6) is 1.05. The fourth-order valence-corrected chi connectivity index (χ4v) is 3.47. The first-order chi connectivity index (χ1) is 8.38. The number of anilines is 1. The summed E-state index contributed by atoms with van der Waals surface area (Å²) in [6, 6.07) is 2.05. The van der Waals surface area contributed by atoms with E-state index in [1.165, 1.54) is 0 Å². The van der Waals surface area contributed by atoms with E-state index in [9.17, 15) is 0 Å². The number of pyridine rings is 1. The third-order valence-corrected chi connectivity index (χ3v) is 4.33. The van der Waals surface area contributed by atoms with Crippen LogP contribution in [0.3, 0.4) is 0 Å². The van der Waals surface area contributed by atoms with Crippen LogP contribution in [0, 0.1) is 0 Å². The van der Waals surface area contributed by atoms with Crippen LogP contribution in [0.2, 0.25) is 0 Å². The molecule has 2 heterocycles. The lowest BCUT2D eigenvalue weighted by molar-refractivity contribution is 0.128. The van der Waals surface area contributed by atoms with E-state index in [2.05, 4.69) is 73.5 Å². The van der Waals surface area contributed by atoms with Crippen molar-refractivity contribution in [3.8, 4) is 0 Å². The van der Waals surface area contributed by atoms with Crippen LogP contribution >= 0.6 is 31.9 Å². The molecule has 1 aliphatic rings. The van der Waals surface area contributed by atoms with Crippen LogP contribution in [0.25, 0.3) is 0 Å². The molecule has 1 fully saturated rings. The molecule has 18 heavy (non-hydrogen) atoms. The SMILES string of the molecule is CC(C)(C)N1CCN(c2ncc(Br)cc2Br)CC1. The summed E-state index contributed by atoms with van der Waals surface area (Å²) in [5, 5.41) is 0. The largest absolute Gasteiger partial charge is 0.353 e. The zero-order chi connectivity index (χ0) is 13.3. The van der Waals surface area contributed by atoms with Crippen molar-refractivity contribution in [1.29, 1.82) is 0 Å². The molecule has 0 bridgehead atoms. The molecule has 2 rings (SSSR count). The summed E-state index contributed by atoms with van der Waals surface area (Å²) in [5.41, 5.74) is 0.260. The Balaban J connectivity index is 2.06. The molecule has 0 saturated carbocycles. The van der Waals surface area contributed by atoms with Gasteiger partial charge in [-0.2, -0.15) is 0 Å². The molecule has 0 spiro atoms. The predicted octanol–water partition coefficient (Wildman–Crippen LogP) is 3.53. The molecule has 100 valence electrons. The van der Waals surface area contributed by atoms with E-state index in [4.69, 9.17) is 0 Å². The average Bonchev–Trinajstić information content (AvgIpc) is 2.28. The van der Waals surface area contributed by atoms with Gasteiger partial charge >= 0.3 is 0 Å². The van der Waals surface area contributed by atoms with Crippen molar-refractivity contribution < 1.29 is 0 Å². The lowest BCUT2D eigenvalue weighted by Crippen LogP contribution is -2.53. The van der Waals surface area contributed by atoms with Crippen molar-refractivity contribution in [3.63, 3.8) is 0 Å². The summed E-state index contributed by atoms with van der Waals surface area (Å²) in [7, 11) is 0. The summed E-state index contributed by atoms with van der Waals surface area (Å²) >= 11 is 7.03. The van der Waals surface area contributed by atoms with Crippen LogP contribution < -0.4 is 4.90 Å². The lowest BCUT2D eigenvalue weighted by atomic mass is 10.1. The third kappa shape index (κ3) is 3.25. The van der Waals surface area contributed by atoms with Gasteiger partial charge in [-0.15, -0.1) is 0 Å². The first-order valence-corrected chi connectivity index (χ1v) is 7.77. The molecule has 0 atom stereocenters. The average molecular weight is 377 g/mol. The van der Waals surface area contributed by atoms with Crippen molar-refractivity contribution >= 4 is 37.7 Å². The monoisotopic (exact) mass is 375 g/mol. The summed E-state index contributed by atoms with van der Waals surface area (Å²) in [6.45, 7) is 11.1. The van der Waals surface area contributed by atoms with E-state index in [1.54, 1.807) is 0 Å². The van der Waals surface area contributed by atoms with E-state index in [0.29, 0.717) is 0 Å². The van der Waals surface area contributed by atoms with Crippen molar-refractivity contribution in [1.82, 2.24) is 9.88 Å². The van der Waals surface area contributed by atoms with Gasteiger partial charge in [-0.3, -0.25) is 4.90 Å². The highest BCUT2D eigenvalue weighted by atomic mass is 79.9. The van der Waals surface area contributed by atoms with Gasteiger partial charge < -0.3 is 4.90 Å². The third-order valence-electron chi connectivity index (χ3n) is 3.32. The first-order valence-electron chi connectivity index (χ1n) is 6.19. The normalized spacial score (nSPS) is 18.2. The fraction of sp³-hybridized carbons (Fsp3) is 0.615. The Hall–Kier alpha value is -0.130. The molecule has 0 aromatic carbocycles. The first kappa shape index (κ1) is 14.3. The molecule has 0 aliphatic carbocycles. The van der Waals surface area contributed by atoms with Gasteiger partial charge in [0, 0.05) is 42.4 Å². The number of hydrogen-bond donors (Lipinski definition) is 0. The van der Waals surface area contributed by atoms with Crippen molar-refractivity contribution in [3.05, 3.63) is 21.2 Å². The maximum absolute atomic E-state index is 4.50. The second-order valence-electron chi connectivity index (χ2n) is 5.60. The maximum atomic E-state index is 4.50. The van der Waals surface area contributed by atoms with Gasteiger partial charge in [0.2, 0.25) is 0 Å². The van der Waals surface area contributed by atoms with Crippen LogP contribution in [0.15, 0.2) is 21.2 Å². The second kappa shape index (κ2) is 5.47. The van der Waals surface area contributed by atoms with E-state index >= 15 is 0 Å². The summed E-state index contributed by atoms with van der Waals surface area (Å²) in [6.07, 6.45) is 1.86. The van der Waals surface area contributed by atoms with Crippen LogP contribution in [0.1, 0.15) is 20.8 Å². The van der Waals surface area contributed by atoms with Crippen LogP contribution in [0.5, 0.6) is 0 Å². The van der Waals surface area contributed by atoms with Gasteiger partial charge in [-0.1, -0.05) is 0 Å². The standard InChI is InChI=1S/C13H19Br2N3/c1-13(2,3)18-6-4-17(5-7-18)12-11(15)8-10(14)9-16-12/h8-9H,4-7H2,1-3H3. The number of rotatable bonds is 1. The molecule has 5 heteroatoms. The molecule has 0 radical (unpaired) electrons. The minimum absolute atomic E-state index is 0.260. The summed E-state index contributed by atoms with van der Waals surface area (Å²) in [4.78, 5) is 9.37. The van der Waals surface area contributed by atoms with E-state index in [0.717, 1.165) is 40.9 Å². The number of halogens is 2. The molecule has 3 nitrogen and oxygen atoms in total. The van der Waals surface area contributed by atoms with Crippen molar-refractivity contribution in [2.24, 2.45) is 0 Å². The maximum Gasteiger partial charge on any atom is 0.143 e. The van der Waals surface area contributed by atoms with Gasteiger partial charge in [0.1, 0.15) is 5.82 Å². The fourth-order valence-electron chi connectivity index (χ4n) is 2.23. The van der Waals surface area contributed by atoms with E-state index in [-0.39, 0.29) is 5.54 Å². The predicted molar refractivity (Wildman–Crippen MR) is 83.2 cm³/mol. The molecular weight excluding hydrogens is 358 g/mol. The molecule has 0 unspecified atom stereocenters. The quantitative estimate of drug-likeness (QED) is 0.747. The molecule has 0 N–H and O–H groups in total. The van der Waals surface area contributed by atoms with Crippen molar-refractivity contribution in [2.75, 3.05) is 31.1 Å². The molecule has 1 aromatic heterocycles. The molecular formula is C13H19Br2N3. The number of hydrogen-bond acceptors (Lipinski definition) is 3. The molecule has 1 aliphatic heterocycles. The topological polar surface area (TPSA) is 19.4 Å². The van der Waals surface area contributed by atoms with Gasteiger partial charge in [0.05, 0.1) is 4.47 Å².